The number of halogens is 1. The molecule has 0 saturated heterocycles. The zero-order valence-corrected chi connectivity index (χ0v) is 13.5. The summed E-state index contributed by atoms with van der Waals surface area (Å²) in [6.45, 7) is 4.88. The van der Waals surface area contributed by atoms with Crippen molar-refractivity contribution in [1.82, 2.24) is 14.8 Å². The first-order valence-corrected chi connectivity index (χ1v) is 7.33. The molecule has 0 fully saturated rings. The summed E-state index contributed by atoms with van der Waals surface area (Å²) in [7, 11) is 1.63. The first-order valence-electron chi connectivity index (χ1n) is 6.53. The van der Waals surface area contributed by atoms with Crippen molar-refractivity contribution >= 4 is 15.9 Å². The van der Waals surface area contributed by atoms with Gasteiger partial charge in [0.15, 0.2) is 0 Å². The molecule has 1 atom stereocenters. The highest BCUT2D eigenvalue weighted by Crippen LogP contribution is 2.28. The number of nitrogens with zero attached hydrogens (tertiary/aromatic N) is 3. The first-order chi connectivity index (χ1) is 9.58. The molecule has 0 amide bonds. The highest BCUT2D eigenvalue weighted by atomic mass is 79.9. The van der Waals surface area contributed by atoms with E-state index in [4.69, 9.17) is 10.5 Å². The van der Waals surface area contributed by atoms with Crippen molar-refractivity contribution in [2.45, 2.75) is 32.9 Å². The van der Waals surface area contributed by atoms with Crippen LogP contribution in [-0.4, -0.2) is 21.9 Å². The van der Waals surface area contributed by atoms with Gasteiger partial charge in [-0.3, -0.25) is 9.67 Å². The van der Waals surface area contributed by atoms with E-state index in [0.717, 1.165) is 33.7 Å². The van der Waals surface area contributed by atoms with Crippen LogP contribution in [0.2, 0.25) is 0 Å². The molecule has 0 saturated carbocycles. The monoisotopic (exact) mass is 338 g/mol. The average Bonchev–Trinajstić information content (AvgIpc) is 2.74. The number of rotatable bonds is 5. The van der Waals surface area contributed by atoms with Crippen molar-refractivity contribution in [3.05, 3.63) is 39.9 Å². The summed E-state index contributed by atoms with van der Waals surface area (Å²) < 4.78 is 8.33. The largest absolute Gasteiger partial charge is 0.495 e. The highest BCUT2D eigenvalue weighted by Gasteiger charge is 2.18. The molecule has 6 heteroatoms. The molecule has 0 bridgehead atoms. The van der Waals surface area contributed by atoms with Gasteiger partial charge < -0.3 is 10.5 Å². The molecule has 0 radical (unpaired) electrons. The van der Waals surface area contributed by atoms with Gasteiger partial charge in [-0.2, -0.15) is 5.10 Å². The number of methoxy groups -OCH3 is 1. The molecule has 0 aromatic carbocycles. The number of hydrogen-bond acceptors (Lipinski definition) is 4. The molecule has 2 aromatic rings. The molecule has 0 aliphatic heterocycles. The van der Waals surface area contributed by atoms with Crippen LogP contribution in [0.4, 0.5) is 0 Å². The van der Waals surface area contributed by atoms with Gasteiger partial charge in [0.05, 0.1) is 29.2 Å². The molecule has 0 aliphatic carbocycles. The lowest BCUT2D eigenvalue weighted by Gasteiger charge is -2.16. The fourth-order valence-corrected chi connectivity index (χ4v) is 2.70. The summed E-state index contributed by atoms with van der Waals surface area (Å²) in [4.78, 5) is 4.05. The molecule has 2 heterocycles. The minimum absolute atomic E-state index is 0.161. The van der Waals surface area contributed by atoms with E-state index < -0.39 is 0 Å². The molecular weight excluding hydrogens is 320 g/mol. The third-order valence-corrected chi connectivity index (χ3v) is 4.33. The summed E-state index contributed by atoms with van der Waals surface area (Å²) in [5.74, 6) is 0.718. The third-order valence-electron chi connectivity index (χ3n) is 3.30. The van der Waals surface area contributed by atoms with Gasteiger partial charge in [-0.05, 0) is 35.8 Å². The maximum absolute atomic E-state index is 6.34. The standard InChI is InChI=1S/C14H19BrN4O/c1-4-19-12(14(15)9(2)18-19)7-11(16)10-5-6-17-8-13(10)20-3/h5-6,8,11H,4,7,16H2,1-3H3. The molecule has 2 aromatic heterocycles. The SMILES string of the molecule is CCn1nc(C)c(Br)c1CC(N)c1ccncc1OC. The number of pyridine rings is 1. The summed E-state index contributed by atoms with van der Waals surface area (Å²) in [6.07, 6.45) is 4.11. The molecule has 108 valence electrons. The van der Waals surface area contributed by atoms with Crippen LogP contribution >= 0.6 is 15.9 Å². The second kappa shape index (κ2) is 6.37. The van der Waals surface area contributed by atoms with Crippen molar-refractivity contribution in [3.63, 3.8) is 0 Å². The van der Waals surface area contributed by atoms with E-state index in [1.165, 1.54) is 0 Å². The van der Waals surface area contributed by atoms with Gasteiger partial charge in [-0.25, -0.2) is 0 Å². The predicted molar refractivity (Wildman–Crippen MR) is 81.8 cm³/mol. The van der Waals surface area contributed by atoms with Gasteiger partial charge in [0, 0.05) is 30.8 Å². The summed E-state index contributed by atoms with van der Waals surface area (Å²) in [5, 5.41) is 4.49. The fourth-order valence-electron chi connectivity index (χ4n) is 2.25. The number of aryl methyl sites for hydroxylation is 2. The predicted octanol–water partition coefficient (Wildman–Crippen LogP) is 2.62. The van der Waals surface area contributed by atoms with Gasteiger partial charge in [-0.1, -0.05) is 0 Å². The molecule has 2 N–H and O–H groups in total. The van der Waals surface area contributed by atoms with Gasteiger partial charge >= 0.3 is 0 Å². The molecular formula is C14H19BrN4O. The van der Waals surface area contributed by atoms with Crippen molar-refractivity contribution in [1.29, 1.82) is 0 Å². The Labute approximate surface area is 127 Å². The third kappa shape index (κ3) is 2.86. The van der Waals surface area contributed by atoms with Gasteiger partial charge in [0.1, 0.15) is 5.75 Å². The lowest BCUT2D eigenvalue weighted by atomic mass is 10.0. The number of ether oxygens (including phenoxy) is 1. The van der Waals surface area contributed by atoms with E-state index in [0.29, 0.717) is 6.42 Å². The van der Waals surface area contributed by atoms with Crippen molar-refractivity contribution in [2.24, 2.45) is 5.73 Å². The van der Waals surface area contributed by atoms with Gasteiger partial charge in [-0.15, -0.1) is 0 Å². The van der Waals surface area contributed by atoms with Crippen LogP contribution in [0.3, 0.4) is 0 Å². The molecule has 20 heavy (non-hydrogen) atoms. The zero-order chi connectivity index (χ0) is 14.7. The lowest BCUT2D eigenvalue weighted by molar-refractivity contribution is 0.403. The summed E-state index contributed by atoms with van der Waals surface area (Å²) in [6, 6.07) is 1.74. The summed E-state index contributed by atoms with van der Waals surface area (Å²) in [5.41, 5.74) is 9.38. The summed E-state index contributed by atoms with van der Waals surface area (Å²) >= 11 is 3.60. The lowest BCUT2D eigenvalue weighted by Crippen LogP contribution is -2.17. The van der Waals surface area contributed by atoms with Crippen LogP contribution in [0, 0.1) is 6.92 Å². The Morgan fingerprint density at radius 2 is 2.25 bits per heavy atom. The molecule has 0 aliphatic rings. The van der Waals surface area contributed by atoms with Crippen LogP contribution in [-0.2, 0) is 13.0 Å². The van der Waals surface area contributed by atoms with E-state index in [2.05, 4.69) is 32.9 Å². The van der Waals surface area contributed by atoms with Crippen LogP contribution in [0.25, 0.3) is 0 Å². The Balaban J connectivity index is 2.30. The van der Waals surface area contributed by atoms with Gasteiger partial charge in [0.25, 0.3) is 0 Å². The molecule has 2 rings (SSSR count). The Bertz CT molecular complexity index is 597. The molecule has 5 nitrogen and oxygen atoms in total. The zero-order valence-electron chi connectivity index (χ0n) is 11.9. The van der Waals surface area contributed by atoms with Crippen LogP contribution < -0.4 is 10.5 Å². The van der Waals surface area contributed by atoms with Crippen LogP contribution in [0.5, 0.6) is 5.75 Å². The van der Waals surface area contributed by atoms with E-state index in [9.17, 15) is 0 Å². The second-order valence-corrected chi connectivity index (χ2v) is 5.38. The second-order valence-electron chi connectivity index (χ2n) is 4.59. The van der Waals surface area contributed by atoms with Crippen molar-refractivity contribution in [2.75, 3.05) is 7.11 Å². The van der Waals surface area contributed by atoms with E-state index >= 15 is 0 Å². The smallest absolute Gasteiger partial charge is 0.141 e. The fraction of sp³-hybridized carbons (Fsp3) is 0.429. The maximum atomic E-state index is 6.34. The molecule has 1 unspecified atom stereocenters. The number of hydrogen-bond donors (Lipinski definition) is 1. The Kier molecular flexibility index (Phi) is 4.77. The quantitative estimate of drug-likeness (QED) is 0.909. The first kappa shape index (κ1) is 15.0. The molecule has 0 spiro atoms. The topological polar surface area (TPSA) is 66.0 Å². The van der Waals surface area contributed by atoms with Gasteiger partial charge in [0.2, 0.25) is 0 Å². The number of aromatic nitrogens is 3. The minimum atomic E-state index is -0.161. The maximum Gasteiger partial charge on any atom is 0.141 e. The van der Waals surface area contributed by atoms with E-state index in [1.54, 1.807) is 19.5 Å². The Morgan fingerprint density at radius 3 is 2.90 bits per heavy atom. The highest BCUT2D eigenvalue weighted by molar-refractivity contribution is 9.10. The average molecular weight is 339 g/mol. The van der Waals surface area contributed by atoms with E-state index in [-0.39, 0.29) is 6.04 Å². The number of nitrogens with two attached hydrogens (primary N) is 1. The van der Waals surface area contributed by atoms with Crippen LogP contribution in [0.15, 0.2) is 22.9 Å². The Hall–Kier alpha value is -1.40. The Morgan fingerprint density at radius 1 is 1.50 bits per heavy atom. The van der Waals surface area contributed by atoms with Crippen LogP contribution in [0.1, 0.15) is 29.9 Å². The van der Waals surface area contributed by atoms with Crippen molar-refractivity contribution < 1.29 is 4.74 Å². The minimum Gasteiger partial charge on any atom is -0.495 e. The van der Waals surface area contributed by atoms with Crippen molar-refractivity contribution in [3.8, 4) is 5.75 Å². The normalized spacial score (nSPS) is 12.4. The van der Waals surface area contributed by atoms with E-state index in [1.807, 2.05) is 17.7 Å².